The van der Waals surface area contributed by atoms with Crippen LogP contribution in [0.1, 0.15) is 23.6 Å². The number of carbonyl (C=O) groups is 1. The van der Waals surface area contributed by atoms with Crippen LogP contribution in [0.4, 0.5) is 0 Å². The molecule has 1 heterocycles. The van der Waals surface area contributed by atoms with Gasteiger partial charge in [0.2, 0.25) is 5.90 Å². The number of esters is 1. The van der Waals surface area contributed by atoms with Gasteiger partial charge < -0.3 is 14.2 Å². The van der Waals surface area contributed by atoms with Crippen molar-refractivity contribution in [3.8, 4) is 22.6 Å². The van der Waals surface area contributed by atoms with Gasteiger partial charge in [-0.25, -0.2) is 9.79 Å². The standard InChI is InChI=1S/C31H24ClNO4/c1-2-35-29-19-22(10-17-28(29)36-20-21-8-15-26(32)16-9-21)18-27-31(34)37-30(33-27)25-13-11-24(12-14-25)23-6-4-3-5-7-23/h3-19H,2,20H2,1H3/b27-18-. The first-order valence-corrected chi connectivity index (χ1v) is 12.3. The molecule has 4 aromatic rings. The SMILES string of the molecule is CCOc1cc(/C=C2\N=C(c3ccc(-c4ccccc4)cc3)OC2=O)ccc1OCc1ccc(Cl)cc1. The van der Waals surface area contributed by atoms with Gasteiger partial charge in [0.15, 0.2) is 17.2 Å². The van der Waals surface area contributed by atoms with Crippen molar-refractivity contribution >= 4 is 29.5 Å². The highest BCUT2D eigenvalue weighted by Gasteiger charge is 2.24. The van der Waals surface area contributed by atoms with Crippen LogP contribution in [0.5, 0.6) is 11.5 Å². The highest BCUT2D eigenvalue weighted by atomic mass is 35.5. The molecule has 0 atom stereocenters. The quantitative estimate of drug-likeness (QED) is 0.184. The second-order valence-electron chi connectivity index (χ2n) is 8.33. The van der Waals surface area contributed by atoms with Gasteiger partial charge in [0.1, 0.15) is 6.61 Å². The Morgan fingerprint density at radius 2 is 1.51 bits per heavy atom. The lowest BCUT2D eigenvalue weighted by atomic mass is 10.0. The van der Waals surface area contributed by atoms with E-state index in [9.17, 15) is 4.79 Å². The summed E-state index contributed by atoms with van der Waals surface area (Å²) in [4.78, 5) is 17.0. The average Bonchev–Trinajstić information content (AvgIpc) is 3.30. The van der Waals surface area contributed by atoms with E-state index in [0.717, 1.165) is 27.8 Å². The molecule has 184 valence electrons. The second kappa shape index (κ2) is 11.1. The molecular formula is C31H24ClNO4. The van der Waals surface area contributed by atoms with Gasteiger partial charge >= 0.3 is 5.97 Å². The van der Waals surface area contributed by atoms with Crippen molar-refractivity contribution < 1.29 is 19.0 Å². The number of ether oxygens (including phenoxy) is 3. The summed E-state index contributed by atoms with van der Waals surface area (Å²) >= 11 is 5.96. The Balaban J connectivity index is 1.34. The summed E-state index contributed by atoms with van der Waals surface area (Å²) in [7, 11) is 0. The summed E-state index contributed by atoms with van der Waals surface area (Å²) in [5.41, 5.74) is 4.89. The van der Waals surface area contributed by atoms with Gasteiger partial charge in [-0.3, -0.25) is 0 Å². The molecular weight excluding hydrogens is 486 g/mol. The predicted molar refractivity (Wildman–Crippen MR) is 146 cm³/mol. The van der Waals surface area contributed by atoms with E-state index >= 15 is 0 Å². The monoisotopic (exact) mass is 509 g/mol. The predicted octanol–water partition coefficient (Wildman–Crippen LogP) is 7.33. The molecule has 0 spiro atoms. The van der Waals surface area contributed by atoms with Gasteiger partial charge in [-0.15, -0.1) is 0 Å². The first-order valence-electron chi connectivity index (χ1n) is 11.9. The number of carbonyl (C=O) groups excluding carboxylic acids is 1. The Kier molecular flexibility index (Phi) is 7.33. The van der Waals surface area contributed by atoms with Crippen molar-refractivity contribution in [2.75, 3.05) is 6.61 Å². The van der Waals surface area contributed by atoms with E-state index in [4.69, 9.17) is 25.8 Å². The molecule has 0 fully saturated rings. The largest absolute Gasteiger partial charge is 0.490 e. The molecule has 1 aliphatic heterocycles. The molecule has 0 aliphatic carbocycles. The molecule has 6 heteroatoms. The van der Waals surface area contributed by atoms with Gasteiger partial charge in [0.25, 0.3) is 0 Å². The van der Waals surface area contributed by atoms with Crippen molar-refractivity contribution in [3.63, 3.8) is 0 Å². The van der Waals surface area contributed by atoms with Crippen molar-refractivity contribution in [1.29, 1.82) is 0 Å². The summed E-state index contributed by atoms with van der Waals surface area (Å²) in [6, 6.07) is 30.8. The van der Waals surface area contributed by atoms with Crippen LogP contribution in [-0.4, -0.2) is 18.5 Å². The van der Waals surface area contributed by atoms with Crippen LogP contribution in [0.25, 0.3) is 17.2 Å². The third kappa shape index (κ3) is 5.90. The second-order valence-corrected chi connectivity index (χ2v) is 8.77. The van der Waals surface area contributed by atoms with E-state index in [1.807, 2.05) is 104 Å². The van der Waals surface area contributed by atoms with E-state index < -0.39 is 5.97 Å². The minimum Gasteiger partial charge on any atom is -0.490 e. The van der Waals surface area contributed by atoms with Crippen molar-refractivity contribution in [3.05, 3.63) is 124 Å². The van der Waals surface area contributed by atoms with Gasteiger partial charge in [-0.1, -0.05) is 72.3 Å². The van der Waals surface area contributed by atoms with E-state index in [-0.39, 0.29) is 11.6 Å². The number of hydrogen-bond donors (Lipinski definition) is 0. The molecule has 0 saturated heterocycles. The third-order valence-corrected chi connectivity index (χ3v) is 5.99. The maximum atomic E-state index is 12.5. The molecule has 1 aliphatic rings. The smallest absolute Gasteiger partial charge is 0.363 e. The van der Waals surface area contributed by atoms with Crippen LogP contribution in [0, 0.1) is 0 Å². The molecule has 5 rings (SSSR count). The fraction of sp³-hybridized carbons (Fsp3) is 0.0968. The van der Waals surface area contributed by atoms with E-state index in [1.54, 1.807) is 6.08 Å². The molecule has 0 bridgehead atoms. The minimum atomic E-state index is -0.497. The van der Waals surface area contributed by atoms with Crippen molar-refractivity contribution in [2.24, 2.45) is 4.99 Å². The molecule has 0 saturated carbocycles. The van der Waals surface area contributed by atoms with E-state index in [1.165, 1.54) is 0 Å². The summed E-state index contributed by atoms with van der Waals surface area (Å²) in [5.74, 6) is 0.973. The summed E-state index contributed by atoms with van der Waals surface area (Å²) in [5, 5.41) is 0.677. The number of aliphatic imine (C=N–C) groups is 1. The van der Waals surface area contributed by atoms with Crippen LogP contribution in [0.15, 0.2) is 108 Å². The Hall–Kier alpha value is -4.35. The molecule has 0 N–H and O–H groups in total. The Morgan fingerprint density at radius 3 is 2.24 bits per heavy atom. The zero-order chi connectivity index (χ0) is 25.6. The maximum absolute atomic E-state index is 12.5. The zero-order valence-corrected chi connectivity index (χ0v) is 20.9. The van der Waals surface area contributed by atoms with E-state index in [2.05, 4.69) is 4.99 Å². The molecule has 0 aromatic heterocycles. The molecule has 0 amide bonds. The normalized spacial score (nSPS) is 13.8. The number of cyclic esters (lactones) is 1. The number of halogens is 1. The summed E-state index contributed by atoms with van der Waals surface area (Å²) in [6.07, 6.45) is 1.68. The fourth-order valence-corrected chi connectivity index (χ4v) is 4.00. The molecule has 4 aromatic carbocycles. The van der Waals surface area contributed by atoms with Gasteiger partial charge in [0.05, 0.1) is 6.61 Å². The highest BCUT2D eigenvalue weighted by molar-refractivity contribution is 6.30. The van der Waals surface area contributed by atoms with Crippen molar-refractivity contribution in [2.45, 2.75) is 13.5 Å². The van der Waals surface area contributed by atoms with Gasteiger partial charge in [-0.05, 0) is 71.7 Å². The van der Waals surface area contributed by atoms with Crippen LogP contribution in [-0.2, 0) is 16.1 Å². The summed E-state index contributed by atoms with van der Waals surface area (Å²) < 4.78 is 17.2. The van der Waals surface area contributed by atoms with E-state index in [0.29, 0.717) is 29.7 Å². The number of nitrogens with zero attached hydrogens (tertiary/aromatic N) is 1. The van der Waals surface area contributed by atoms with Gasteiger partial charge in [0, 0.05) is 10.6 Å². The minimum absolute atomic E-state index is 0.222. The highest BCUT2D eigenvalue weighted by Crippen LogP contribution is 2.31. The zero-order valence-electron chi connectivity index (χ0n) is 20.2. The lowest BCUT2D eigenvalue weighted by Crippen LogP contribution is -2.05. The van der Waals surface area contributed by atoms with Crippen LogP contribution < -0.4 is 9.47 Å². The van der Waals surface area contributed by atoms with Crippen LogP contribution in [0.2, 0.25) is 5.02 Å². The Bertz CT molecular complexity index is 1460. The first kappa shape index (κ1) is 24.3. The maximum Gasteiger partial charge on any atom is 0.363 e. The number of hydrogen-bond acceptors (Lipinski definition) is 5. The number of rotatable bonds is 8. The lowest BCUT2D eigenvalue weighted by Gasteiger charge is -2.13. The summed E-state index contributed by atoms with van der Waals surface area (Å²) in [6.45, 7) is 2.75. The lowest BCUT2D eigenvalue weighted by molar-refractivity contribution is -0.129. The fourth-order valence-electron chi connectivity index (χ4n) is 3.87. The molecule has 37 heavy (non-hydrogen) atoms. The Morgan fingerprint density at radius 1 is 0.811 bits per heavy atom. The molecule has 0 unspecified atom stereocenters. The molecule has 0 radical (unpaired) electrons. The topological polar surface area (TPSA) is 57.1 Å². The third-order valence-electron chi connectivity index (χ3n) is 5.74. The Labute approximate surface area is 220 Å². The number of benzene rings is 4. The molecule has 5 nitrogen and oxygen atoms in total. The first-order chi connectivity index (χ1) is 18.1. The van der Waals surface area contributed by atoms with Crippen LogP contribution >= 0.6 is 11.6 Å². The van der Waals surface area contributed by atoms with Crippen molar-refractivity contribution in [1.82, 2.24) is 0 Å². The average molecular weight is 510 g/mol. The van der Waals surface area contributed by atoms with Gasteiger partial charge in [-0.2, -0.15) is 0 Å². The van der Waals surface area contributed by atoms with Crippen LogP contribution in [0.3, 0.4) is 0 Å².